The third-order valence-corrected chi connectivity index (χ3v) is 3.69. The molecule has 0 saturated heterocycles. The van der Waals surface area contributed by atoms with Crippen molar-refractivity contribution in [3.05, 3.63) is 42.5 Å². The van der Waals surface area contributed by atoms with Gasteiger partial charge in [0.1, 0.15) is 0 Å². The van der Waals surface area contributed by atoms with E-state index in [9.17, 15) is 0 Å². The first-order chi connectivity index (χ1) is 8.18. The zero-order valence-electron chi connectivity index (χ0n) is 9.32. The third kappa shape index (κ3) is 1.63. The Labute approximate surface area is 110 Å². The minimum atomic E-state index is -0.474. The molecule has 0 saturated carbocycles. The van der Waals surface area contributed by atoms with Gasteiger partial charge in [0.05, 0.1) is 0 Å². The Bertz CT molecular complexity index is 703. The van der Waals surface area contributed by atoms with Crippen LogP contribution in [0.1, 0.15) is 0 Å². The van der Waals surface area contributed by atoms with E-state index >= 15 is 0 Å². The minimum absolute atomic E-state index is 0.474. The molecule has 84 valence electrons. The first-order valence-electron chi connectivity index (χ1n) is 5.43. The highest BCUT2D eigenvalue weighted by Crippen LogP contribution is 2.27. The Morgan fingerprint density at radius 2 is 1.65 bits per heavy atom. The second-order valence-electron chi connectivity index (χ2n) is 4.15. The van der Waals surface area contributed by atoms with E-state index in [4.69, 9.17) is 22.9 Å². The van der Waals surface area contributed by atoms with Gasteiger partial charge in [0.25, 0.3) is 0 Å². The summed E-state index contributed by atoms with van der Waals surface area (Å²) in [6.45, 7) is 0. The van der Waals surface area contributed by atoms with Crippen molar-refractivity contribution in [2.45, 2.75) is 0 Å². The zero-order chi connectivity index (χ0) is 12.0. The van der Waals surface area contributed by atoms with Crippen molar-refractivity contribution in [2.24, 2.45) is 7.05 Å². The van der Waals surface area contributed by atoms with Crippen molar-refractivity contribution >= 4 is 55.7 Å². The van der Waals surface area contributed by atoms with E-state index in [0.717, 1.165) is 5.46 Å². The zero-order valence-corrected chi connectivity index (χ0v) is 10.8. The number of benzene rings is 2. The van der Waals surface area contributed by atoms with Crippen molar-refractivity contribution in [1.29, 1.82) is 0 Å². The van der Waals surface area contributed by atoms with Crippen molar-refractivity contribution in [3.63, 3.8) is 0 Å². The first-order valence-corrected chi connectivity index (χ1v) is 6.31. The maximum Gasteiger partial charge on any atom is 0.382 e. The lowest BCUT2D eigenvalue weighted by molar-refractivity contribution is 1.01. The lowest BCUT2D eigenvalue weighted by atomic mass is 9.91. The summed E-state index contributed by atoms with van der Waals surface area (Å²) < 4.78 is 2.19. The third-order valence-electron chi connectivity index (χ3n) is 3.19. The molecule has 1 heterocycles. The molecule has 0 aliphatic heterocycles. The van der Waals surface area contributed by atoms with Gasteiger partial charge in [0.15, 0.2) is 0 Å². The lowest BCUT2D eigenvalue weighted by Crippen LogP contribution is -2.17. The summed E-state index contributed by atoms with van der Waals surface area (Å²) in [4.78, 5) is 0. The van der Waals surface area contributed by atoms with Crippen molar-refractivity contribution in [3.8, 4) is 0 Å². The summed E-state index contributed by atoms with van der Waals surface area (Å²) >= 11 is 11.8. The van der Waals surface area contributed by atoms with Gasteiger partial charge in [-0.05, 0) is 17.6 Å². The van der Waals surface area contributed by atoms with E-state index in [-0.39, 0.29) is 0 Å². The molecule has 0 aliphatic rings. The molecule has 0 bridgehead atoms. The van der Waals surface area contributed by atoms with Gasteiger partial charge in [-0.2, -0.15) is 22.9 Å². The summed E-state index contributed by atoms with van der Waals surface area (Å²) in [6.07, 6.45) is 0. The van der Waals surface area contributed by atoms with Crippen LogP contribution in [-0.2, 0) is 7.05 Å². The molecule has 0 fully saturated rings. The number of aryl methyl sites for hydroxylation is 1. The second-order valence-corrected chi connectivity index (χ2v) is 5.25. The average molecular weight is 262 g/mol. The Hall–Kier alpha value is -1.12. The molecule has 1 aromatic heterocycles. The van der Waals surface area contributed by atoms with Gasteiger partial charge in [-0.3, -0.25) is 0 Å². The number of rotatable bonds is 1. The molecule has 17 heavy (non-hydrogen) atoms. The summed E-state index contributed by atoms with van der Waals surface area (Å²) in [5.74, 6) is 0. The van der Waals surface area contributed by atoms with Crippen LogP contribution >= 0.6 is 22.9 Å². The normalized spacial score (nSPS) is 11.2. The van der Waals surface area contributed by atoms with Gasteiger partial charge in [-0.15, -0.1) is 0 Å². The van der Waals surface area contributed by atoms with Crippen LogP contribution in [0.15, 0.2) is 42.5 Å². The average Bonchev–Trinajstić information content (AvgIpc) is 2.64. The van der Waals surface area contributed by atoms with Gasteiger partial charge in [0, 0.05) is 28.9 Å². The molecule has 0 amide bonds. The maximum absolute atomic E-state index is 5.92. The predicted octanol–water partition coefficient (Wildman–Crippen LogP) is 3.50. The van der Waals surface area contributed by atoms with Crippen molar-refractivity contribution < 1.29 is 0 Å². The van der Waals surface area contributed by atoms with Crippen LogP contribution in [0.2, 0.25) is 0 Å². The number of para-hydroxylation sites is 1. The SMILES string of the molecule is Cn1c2ccccc2c2cc(B(Cl)Cl)ccc21. The van der Waals surface area contributed by atoms with E-state index in [1.54, 1.807) is 0 Å². The van der Waals surface area contributed by atoms with Crippen molar-refractivity contribution in [1.82, 2.24) is 4.57 Å². The molecule has 0 radical (unpaired) electrons. The Kier molecular flexibility index (Phi) is 2.57. The number of halogens is 2. The number of nitrogens with zero attached hydrogens (tertiary/aromatic N) is 1. The molecular weight excluding hydrogens is 252 g/mol. The fourth-order valence-electron chi connectivity index (χ4n) is 2.32. The van der Waals surface area contributed by atoms with Crippen LogP contribution in [-0.4, -0.2) is 10.1 Å². The summed E-state index contributed by atoms with van der Waals surface area (Å²) in [5, 5.41) is 2.44. The number of aromatic nitrogens is 1. The molecule has 1 nitrogen and oxygen atoms in total. The van der Waals surface area contributed by atoms with Crippen LogP contribution in [0.3, 0.4) is 0 Å². The van der Waals surface area contributed by atoms with Crippen LogP contribution in [0, 0.1) is 0 Å². The highest BCUT2D eigenvalue weighted by molar-refractivity contribution is 7.39. The Morgan fingerprint density at radius 1 is 0.941 bits per heavy atom. The molecule has 4 heteroatoms. The molecule has 0 atom stereocenters. The van der Waals surface area contributed by atoms with Gasteiger partial charge in [-0.25, -0.2) is 0 Å². The molecule has 2 aromatic carbocycles. The monoisotopic (exact) mass is 261 g/mol. The standard InChI is InChI=1S/C13H10BCl2N/c1-17-12-5-3-2-4-10(12)11-8-9(14(15)16)6-7-13(11)17/h2-8H,1H3. The molecule has 0 N–H and O–H groups in total. The predicted molar refractivity (Wildman–Crippen MR) is 77.5 cm³/mol. The number of hydrogen-bond acceptors (Lipinski definition) is 0. The van der Waals surface area contributed by atoms with E-state index in [2.05, 4.69) is 35.9 Å². The quantitative estimate of drug-likeness (QED) is 0.591. The number of fused-ring (bicyclic) bond motifs is 3. The van der Waals surface area contributed by atoms with Gasteiger partial charge in [0.2, 0.25) is 0 Å². The first kappa shape index (κ1) is 11.0. The van der Waals surface area contributed by atoms with E-state index in [0.29, 0.717) is 0 Å². The summed E-state index contributed by atoms with van der Waals surface area (Å²) in [6, 6.07) is 14.5. The van der Waals surface area contributed by atoms with Gasteiger partial charge in [-0.1, -0.05) is 30.3 Å². The number of hydrogen-bond donors (Lipinski definition) is 0. The maximum atomic E-state index is 5.92. The molecule has 0 unspecified atom stereocenters. The highest BCUT2D eigenvalue weighted by Gasteiger charge is 2.13. The Balaban J connectivity index is 2.46. The fourth-order valence-corrected chi connectivity index (χ4v) is 2.59. The topological polar surface area (TPSA) is 4.93 Å². The van der Waals surface area contributed by atoms with Gasteiger partial charge < -0.3 is 4.57 Å². The van der Waals surface area contributed by atoms with Crippen molar-refractivity contribution in [2.75, 3.05) is 0 Å². The minimum Gasteiger partial charge on any atom is -0.344 e. The van der Waals surface area contributed by atoms with Crippen LogP contribution in [0.4, 0.5) is 0 Å². The molecule has 0 aliphatic carbocycles. The second kappa shape index (κ2) is 3.97. The summed E-state index contributed by atoms with van der Waals surface area (Å²) in [5.41, 5.74) is 2.89. The summed E-state index contributed by atoms with van der Waals surface area (Å²) in [7, 11) is 2.07. The van der Waals surface area contributed by atoms with Crippen LogP contribution in [0.5, 0.6) is 0 Å². The molecule has 3 aromatic rings. The van der Waals surface area contributed by atoms with E-state index in [1.807, 2.05) is 18.2 Å². The Morgan fingerprint density at radius 3 is 2.41 bits per heavy atom. The lowest BCUT2D eigenvalue weighted by Gasteiger charge is -2.00. The van der Waals surface area contributed by atoms with E-state index in [1.165, 1.54) is 21.8 Å². The smallest absolute Gasteiger partial charge is 0.344 e. The molecule has 0 spiro atoms. The largest absolute Gasteiger partial charge is 0.382 e. The molecular formula is C13H10BCl2N. The fraction of sp³-hybridized carbons (Fsp3) is 0.0769. The van der Waals surface area contributed by atoms with Crippen LogP contribution < -0.4 is 5.46 Å². The van der Waals surface area contributed by atoms with E-state index < -0.39 is 5.54 Å². The highest BCUT2D eigenvalue weighted by atomic mass is 35.5. The van der Waals surface area contributed by atoms with Crippen LogP contribution in [0.25, 0.3) is 21.8 Å². The molecule has 3 rings (SSSR count). The van der Waals surface area contributed by atoms with Gasteiger partial charge >= 0.3 is 5.54 Å².